The maximum absolute atomic E-state index is 14.5. The van der Waals surface area contributed by atoms with Crippen LogP contribution in [0.2, 0.25) is 5.02 Å². The quantitative estimate of drug-likeness (QED) is 0.932. The van der Waals surface area contributed by atoms with Gasteiger partial charge in [0.15, 0.2) is 5.82 Å². The van der Waals surface area contributed by atoms with Crippen LogP contribution in [0, 0.1) is 5.82 Å². The average Bonchev–Trinajstić information content (AvgIpc) is 3.06. The second-order valence-electron chi connectivity index (χ2n) is 4.68. The summed E-state index contributed by atoms with van der Waals surface area (Å²) in [5, 5.41) is 4.36. The Morgan fingerprint density at radius 2 is 2.18 bits per heavy atom. The minimum Gasteiger partial charge on any atom is -0.378 e. The molecule has 3 rings (SSSR count). The van der Waals surface area contributed by atoms with E-state index in [-0.39, 0.29) is 10.9 Å². The molecular weight excluding hydrogens is 329 g/mol. The highest BCUT2D eigenvalue weighted by Gasteiger charge is 2.22. The molecule has 0 spiro atoms. The van der Waals surface area contributed by atoms with E-state index in [4.69, 9.17) is 16.3 Å². The van der Waals surface area contributed by atoms with Crippen LogP contribution in [-0.4, -0.2) is 37.2 Å². The minimum absolute atomic E-state index is 0.0214. The summed E-state index contributed by atoms with van der Waals surface area (Å²) in [6.45, 7) is 2.09. The first-order valence-electron chi connectivity index (χ1n) is 6.67. The molecule has 0 saturated carbocycles. The predicted octanol–water partition coefficient (Wildman–Crippen LogP) is 3.02. The molecule has 0 bridgehead atoms. The molecule has 0 unspecified atom stereocenters. The van der Waals surface area contributed by atoms with Crippen molar-refractivity contribution in [3.05, 3.63) is 39.6 Å². The molecule has 2 aromatic rings. The SMILES string of the molecule is O=C(Nc1ccc(Cl)c(F)c1N1CCOCC1)c1cscn1. The molecule has 1 amide bonds. The summed E-state index contributed by atoms with van der Waals surface area (Å²) >= 11 is 7.21. The first kappa shape index (κ1) is 15.2. The number of nitrogens with zero attached hydrogens (tertiary/aromatic N) is 2. The molecule has 8 heteroatoms. The zero-order valence-corrected chi connectivity index (χ0v) is 13.1. The Labute approximate surface area is 135 Å². The number of benzene rings is 1. The highest BCUT2D eigenvalue weighted by Crippen LogP contribution is 2.34. The van der Waals surface area contributed by atoms with E-state index in [0.29, 0.717) is 43.4 Å². The normalized spacial score (nSPS) is 14.9. The van der Waals surface area contributed by atoms with E-state index in [9.17, 15) is 9.18 Å². The molecule has 0 atom stereocenters. The fourth-order valence-corrected chi connectivity index (χ4v) is 2.93. The summed E-state index contributed by atoms with van der Waals surface area (Å²) in [5.41, 5.74) is 2.54. The van der Waals surface area contributed by atoms with Crippen LogP contribution in [0.1, 0.15) is 10.5 Å². The molecular formula is C14H13ClFN3O2S. The zero-order valence-electron chi connectivity index (χ0n) is 11.5. The van der Waals surface area contributed by atoms with E-state index >= 15 is 0 Å². The van der Waals surface area contributed by atoms with Gasteiger partial charge in [0.05, 0.1) is 35.1 Å². The number of halogens is 2. The average molecular weight is 342 g/mol. The van der Waals surface area contributed by atoms with Gasteiger partial charge in [0.1, 0.15) is 5.69 Å². The van der Waals surface area contributed by atoms with Crippen molar-refractivity contribution >= 4 is 40.2 Å². The number of anilines is 2. The Bertz CT molecular complexity index is 675. The lowest BCUT2D eigenvalue weighted by Crippen LogP contribution is -2.37. The van der Waals surface area contributed by atoms with Crippen LogP contribution in [0.3, 0.4) is 0 Å². The summed E-state index contributed by atoms with van der Waals surface area (Å²) in [5.74, 6) is -0.919. The number of amides is 1. The smallest absolute Gasteiger partial charge is 0.275 e. The largest absolute Gasteiger partial charge is 0.378 e. The number of aromatic nitrogens is 1. The number of morpholine rings is 1. The van der Waals surface area contributed by atoms with Gasteiger partial charge in [0, 0.05) is 18.5 Å². The van der Waals surface area contributed by atoms with Crippen molar-refractivity contribution in [2.24, 2.45) is 0 Å². The zero-order chi connectivity index (χ0) is 15.5. The number of ether oxygens (including phenoxy) is 1. The third-order valence-corrected chi connectivity index (χ3v) is 4.19. The van der Waals surface area contributed by atoms with Crippen molar-refractivity contribution < 1.29 is 13.9 Å². The lowest BCUT2D eigenvalue weighted by Gasteiger charge is -2.31. The molecule has 1 N–H and O–H groups in total. The third kappa shape index (κ3) is 3.06. The fourth-order valence-electron chi connectivity index (χ4n) is 2.25. The van der Waals surface area contributed by atoms with Crippen molar-refractivity contribution in [3.63, 3.8) is 0 Å². The summed E-state index contributed by atoms with van der Waals surface area (Å²) < 4.78 is 19.7. The molecule has 0 radical (unpaired) electrons. The van der Waals surface area contributed by atoms with Gasteiger partial charge < -0.3 is 15.0 Å². The summed E-state index contributed by atoms with van der Waals surface area (Å²) in [6.07, 6.45) is 0. The Morgan fingerprint density at radius 3 is 2.86 bits per heavy atom. The van der Waals surface area contributed by atoms with Gasteiger partial charge in [-0.3, -0.25) is 4.79 Å². The van der Waals surface area contributed by atoms with Crippen LogP contribution in [0.5, 0.6) is 0 Å². The third-order valence-electron chi connectivity index (χ3n) is 3.31. The molecule has 5 nitrogen and oxygen atoms in total. The number of hydrogen-bond acceptors (Lipinski definition) is 5. The lowest BCUT2D eigenvalue weighted by atomic mass is 10.2. The molecule has 2 heterocycles. The highest BCUT2D eigenvalue weighted by atomic mass is 35.5. The van der Waals surface area contributed by atoms with Gasteiger partial charge >= 0.3 is 0 Å². The van der Waals surface area contributed by atoms with E-state index < -0.39 is 5.82 Å². The number of carbonyl (C=O) groups is 1. The van der Waals surface area contributed by atoms with E-state index in [0.717, 1.165) is 0 Å². The van der Waals surface area contributed by atoms with E-state index in [1.54, 1.807) is 17.0 Å². The van der Waals surface area contributed by atoms with E-state index in [2.05, 4.69) is 10.3 Å². The molecule has 1 aliphatic rings. The van der Waals surface area contributed by atoms with E-state index in [1.165, 1.54) is 17.4 Å². The monoisotopic (exact) mass is 341 g/mol. The Balaban J connectivity index is 1.93. The summed E-state index contributed by atoms with van der Waals surface area (Å²) in [6, 6.07) is 3.03. The predicted molar refractivity (Wildman–Crippen MR) is 84.5 cm³/mol. The minimum atomic E-state index is -0.542. The van der Waals surface area contributed by atoms with Crippen molar-refractivity contribution in [1.29, 1.82) is 0 Å². The molecule has 116 valence electrons. The number of thiazole rings is 1. The molecule has 1 aliphatic heterocycles. The van der Waals surface area contributed by atoms with E-state index in [1.807, 2.05) is 4.90 Å². The van der Waals surface area contributed by atoms with Crippen LogP contribution in [0.25, 0.3) is 0 Å². The second kappa shape index (κ2) is 6.60. The van der Waals surface area contributed by atoms with Gasteiger partial charge in [-0.2, -0.15) is 0 Å². The Hall–Kier alpha value is -1.70. The number of hydrogen-bond donors (Lipinski definition) is 1. The van der Waals surface area contributed by atoms with Gasteiger partial charge in [-0.05, 0) is 12.1 Å². The van der Waals surface area contributed by atoms with Crippen molar-refractivity contribution in [1.82, 2.24) is 4.98 Å². The van der Waals surface area contributed by atoms with Crippen molar-refractivity contribution in [2.45, 2.75) is 0 Å². The van der Waals surface area contributed by atoms with Crippen LogP contribution < -0.4 is 10.2 Å². The molecule has 1 saturated heterocycles. The van der Waals surface area contributed by atoms with Crippen LogP contribution in [0.15, 0.2) is 23.0 Å². The Kier molecular flexibility index (Phi) is 4.56. The molecule has 0 aliphatic carbocycles. The van der Waals surface area contributed by atoms with Gasteiger partial charge in [-0.1, -0.05) is 11.6 Å². The molecule has 1 fully saturated rings. The lowest BCUT2D eigenvalue weighted by molar-refractivity contribution is 0.102. The van der Waals surface area contributed by atoms with Crippen LogP contribution in [0.4, 0.5) is 15.8 Å². The van der Waals surface area contributed by atoms with Gasteiger partial charge in [-0.15, -0.1) is 11.3 Å². The second-order valence-corrected chi connectivity index (χ2v) is 5.81. The first-order valence-corrected chi connectivity index (χ1v) is 7.99. The summed E-state index contributed by atoms with van der Waals surface area (Å²) in [4.78, 5) is 17.9. The molecule has 1 aromatic heterocycles. The summed E-state index contributed by atoms with van der Waals surface area (Å²) in [7, 11) is 0. The molecule has 1 aromatic carbocycles. The first-order chi connectivity index (χ1) is 10.7. The van der Waals surface area contributed by atoms with Gasteiger partial charge in [0.2, 0.25) is 0 Å². The van der Waals surface area contributed by atoms with Crippen molar-refractivity contribution in [2.75, 3.05) is 36.5 Å². The van der Waals surface area contributed by atoms with Crippen LogP contribution >= 0.6 is 22.9 Å². The maximum Gasteiger partial charge on any atom is 0.275 e. The standard InChI is InChI=1S/C14H13ClFN3O2S/c15-9-1-2-10(18-14(20)11-7-22-8-17-11)13(12(9)16)19-3-5-21-6-4-19/h1-2,7-8H,3-6H2,(H,18,20). The number of carbonyl (C=O) groups excluding carboxylic acids is 1. The number of nitrogens with one attached hydrogen (secondary N) is 1. The van der Waals surface area contributed by atoms with Gasteiger partial charge in [0.25, 0.3) is 5.91 Å². The van der Waals surface area contributed by atoms with Gasteiger partial charge in [-0.25, -0.2) is 9.37 Å². The topological polar surface area (TPSA) is 54.5 Å². The van der Waals surface area contributed by atoms with Crippen LogP contribution in [-0.2, 0) is 4.74 Å². The molecule has 22 heavy (non-hydrogen) atoms. The highest BCUT2D eigenvalue weighted by molar-refractivity contribution is 7.07. The fraction of sp³-hybridized carbons (Fsp3) is 0.286. The Morgan fingerprint density at radius 1 is 1.41 bits per heavy atom. The maximum atomic E-state index is 14.5. The number of rotatable bonds is 3. The van der Waals surface area contributed by atoms with Crippen molar-refractivity contribution in [3.8, 4) is 0 Å².